The van der Waals surface area contributed by atoms with E-state index >= 15 is 0 Å². The van der Waals surface area contributed by atoms with E-state index in [1.807, 2.05) is 13.8 Å². The summed E-state index contributed by atoms with van der Waals surface area (Å²) in [6, 6.07) is 0. The SMILES string of the molecule is CC(=O)NC1=NN(C(C)=O)[C@@]2(S1)[C@@H](C1COC(C)(C)O1)O[C@@H]1OC(C)(C)O[C@@H]12. The van der Waals surface area contributed by atoms with Crippen LogP contribution in [-0.4, -0.2) is 69.6 Å². The number of rotatable bonds is 1. The summed E-state index contributed by atoms with van der Waals surface area (Å²) in [5, 5.41) is 8.62. The minimum atomic E-state index is -1.10. The maximum atomic E-state index is 12.5. The van der Waals surface area contributed by atoms with Crippen molar-refractivity contribution in [3.05, 3.63) is 0 Å². The van der Waals surface area contributed by atoms with Crippen molar-refractivity contribution in [2.75, 3.05) is 6.61 Å². The van der Waals surface area contributed by atoms with Crippen molar-refractivity contribution in [1.82, 2.24) is 10.3 Å². The molecule has 4 rings (SSSR count). The van der Waals surface area contributed by atoms with E-state index < -0.39 is 41.0 Å². The topological polar surface area (TPSA) is 108 Å². The van der Waals surface area contributed by atoms with E-state index in [1.54, 1.807) is 13.8 Å². The van der Waals surface area contributed by atoms with Gasteiger partial charge in [0, 0.05) is 13.8 Å². The molecule has 11 heteroatoms. The molecule has 1 unspecified atom stereocenters. The third-order valence-electron chi connectivity index (χ3n) is 4.89. The highest BCUT2D eigenvalue weighted by Crippen LogP contribution is 2.56. The van der Waals surface area contributed by atoms with Crippen LogP contribution in [0.1, 0.15) is 41.5 Å². The lowest BCUT2D eigenvalue weighted by atomic mass is 10.0. The number of amidine groups is 1. The van der Waals surface area contributed by atoms with E-state index in [9.17, 15) is 9.59 Å². The predicted molar refractivity (Wildman–Crippen MR) is 97.7 cm³/mol. The Balaban J connectivity index is 1.74. The lowest BCUT2D eigenvalue weighted by molar-refractivity contribution is -0.230. The number of hydrazone groups is 1. The molecule has 0 radical (unpaired) electrons. The van der Waals surface area contributed by atoms with Crippen molar-refractivity contribution in [2.24, 2.45) is 5.10 Å². The van der Waals surface area contributed by atoms with Crippen LogP contribution in [-0.2, 0) is 33.3 Å². The van der Waals surface area contributed by atoms with Gasteiger partial charge in [0.05, 0.1) is 6.61 Å². The molecule has 0 aliphatic carbocycles. The molecule has 4 aliphatic heterocycles. The van der Waals surface area contributed by atoms with E-state index in [0.717, 1.165) is 0 Å². The minimum Gasteiger partial charge on any atom is -0.348 e. The van der Waals surface area contributed by atoms with Crippen molar-refractivity contribution in [3.8, 4) is 0 Å². The molecule has 3 saturated heterocycles. The molecule has 0 aromatic rings. The molecule has 2 amide bonds. The Morgan fingerprint density at radius 2 is 1.82 bits per heavy atom. The van der Waals surface area contributed by atoms with Crippen molar-refractivity contribution in [3.63, 3.8) is 0 Å². The Morgan fingerprint density at radius 3 is 2.39 bits per heavy atom. The van der Waals surface area contributed by atoms with Crippen molar-refractivity contribution in [2.45, 2.75) is 82.6 Å². The second-order valence-electron chi connectivity index (χ2n) is 8.12. The maximum Gasteiger partial charge on any atom is 0.241 e. The molecule has 3 fully saturated rings. The molecule has 28 heavy (non-hydrogen) atoms. The highest BCUT2D eigenvalue weighted by atomic mass is 32.2. The number of nitrogens with zero attached hydrogens (tertiary/aromatic N) is 2. The monoisotopic (exact) mass is 415 g/mol. The summed E-state index contributed by atoms with van der Waals surface area (Å²) >= 11 is 1.22. The number of nitrogens with one attached hydrogen (secondary N) is 1. The lowest BCUT2D eigenvalue weighted by Crippen LogP contribution is -2.60. The van der Waals surface area contributed by atoms with Crippen LogP contribution in [0.3, 0.4) is 0 Å². The van der Waals surface area contributed by atoms with E-state index in [0.29, 0.717) is 5.17 Å². The zero-order chi connectivity index (χ0) is 20.5. The highest BCUT2D eigenvalue weighted by molar-refractivity contribution is 8.15. The number of hydrogen-bond donors (Lipinski definition) is 1. The van der Waals surface area contributed by atoms with Crippen molar-refractivity contribution >= 4 is 28.7 Å². The second kappa shape index (κ2) is 6.38. The van der Waals surface area contributed by atoms with Gasteiger partial charge in [-0.2, -0.15) is 0 Å². The largest absolute Gasteiger partial charge is 0.348 e. The van der Waals surface area contributed by atoms with Crippen LogP contribution >= 0.6 is 11.8 Å². The fourth-order valence-electron chi connectivity index (χ4n) is 3.99. The van der Waals surface area contributed by atoms with Gasteiger partial charge in [0.25, 0.3) is 0 Å². The van der Waals surface area contributed by atoms with Gasteiger partial charge < -0.3 is 29.0 Å². The Kier molecular flexibility index (Phi) is 4.57. The van der Waals surface area contributed by atoms with E-state index in [-0.39, 0.29) is 18.4 Å². The summed E-state index contributed by atoms with van der Waals surface area (Å²) in [4.78, 5) is 23.0. The van der Waals surface area contributed by atoms with Gasteiger partial charge in [-0.25, -0.2) is 5.01 Å². The summed E-state index contributed by atoms with van der Waals surface area (Å²) in [6.07, 6.45) is -2.47. The summed E-state index contributed by atoms with van der Waals surface area (Å²) in [5.41, 5.74) is 0. The molecule has 4 heterocycles. The zero-order valence-corrected chi connectivity index (χ0v) is 17.5. The maximum absolute atomic E-state index is 12.5. The smallest absolute Gasteiger partial charge is 0.241 e. The van der Waals surface area contributed by atoms with Gasteiger partial charge >= 0.3 is 0 Å². The Hall–Kier alpha value is -1.24. The molecular formula is C17H25N3O7S. The first-order chi connectivity index (χ1) is 12.9. The fraction of sp³-hybridized carbons (Fsp3) is 0.824. The van der Waals surface area contributed by atoms with Gasteiger partial charge in [-0.1, -0.05) is 0 Å². The van der Waals surface area contributed by atoms with E-state index in [2.05, 4.69) is 10.4 Å². The highest BCUT2D eigenvalue weighted by Gasteiger charge is 2.72. The molecule has 0 bridgehead atoms. The first-order valence-corrected chi connectivity index (χ1v) is 9.94. The van der Waals surface area contributed by atoms with Crippen LogP contribution in [0.5, 0.6) is 0 Å². The molecule has 4 aliphatic rings. The molecule has 10 nitrogen and oxygen atoms in total. The lowest BCUT2D eigenvalue weighted by Gasteiger charge is -2.40. The number of amides is 2. The number of thioether (sulfide) groups is 1. The van der Waals surface area contributed by atoms with Gasteiger partial charge in [-0.15, -0.1) is 5.10 Å². The zero-order valence-electron chi connectivity index (χ0n) is 16.7. The molecule has 0 aromatic heterocycles. The molecule has 1 N–H and O–H groups in total. The van der Waals surface area contributed by atoms with Gasteiger partial charge in [0.15, 0.2) is 27.9 Å². The molecule has 5 atom stereocenters. The molecular weight excluding hydrogens is 390 g/mol. The first kappa shape index (κ1) is 20.0. The van der Waals surface area contributed by atoms with Crippen LogP contribution in [0, 0.1) is 0 Å². The van der Waals surface area contributed by atoms with Crippen LogP contribution in [0.2, 0.25) is 0 Å². The van der Waals surface area contributed by atoms with E-state index in [4.69, 9.17) is 23.7 Å². The Morgan fingerprint density at radius 1 is 1.11 bits per heavy atom. The van der Waals surface area contributed by atoms with Crippen LogP contribution in [0.15, 0.2) is 5.10 Å². The molecule has 0 saturated carbocycles. The quantitative estimate of drug-likeness (QED) is 0.667. The number of carbonyl (C=O) groups excluding carboxylic acids is 2. The van der Waals surface area contributed by atoms with Gasteiger partial charge in [-0.05, 0) is 39.5 Å². The summed E-state index contributed by atoms with van der Waals surface area (Å²) in [7, 11) is 0. The number of fused-ring (bicyclic) bond motifs is 2. The van der Waals surface area contributed by atoms with E-state index in [1.165, 1.54) is 30.6 Å². The van der Waals surface area contributed by atoms with Crippen LogP contribution < -0.4 is 5.32 Å². The van der Waals surface area contributed by atoms with Gasteiger partial charge in [-0.3, -0.25) is 9.59 Å². The fourth-order valence-corrected chi connectivity index (χ4v) is 5.48. The third kappa shape index (κ3) is 3.14. The average Bonchev–Trinajstić information content (AvgIpc) is 3.23. The number of hydrogen-bond acceptors (Lipinski definition) is 9. The number of carbonyl (C=O) groups is 2. The number of ether oxygens (including phenoxy) is 5. The first-order valence-electron chi connectivity index (χ1n) is 9.12. The van der Waals surface area contributed by atoms with Crippen LogP contribution in [0.25, 0.3) is 0 Å². The minimum absolute atomic E-state index is 0.282. The van der Waals surface area contributed by atoms with Gasteiger partial charge in [0.2, 0.25) is 11.8 Å². The Bertz CT molecular complexity index is 742. The third-order valence-corrected chi connectivity index (χ3v) is 6.23. The van der Waals surface area contributed by atoms with Crippen molar-refractivity contribution < 1.29 is 33.3 Å². The average molecular weight is 415 g/mol. The molecule has 0 aromatic carbocycles. The standard InChI is InChI=1S/C17H25N3O7S/c1-8(21)18-14-19-20(9(2)22)17(28-14)11(10-7-23-15(3,4)25-10)24-13-12(17)26-16(5,6)27-13/h10-13H,7H2,1-6H3,(H,18,19,21)/t10?,11-,12+,13-,17-/m1/s1. The molecule has 156 valence electrons. The predicted octanol–water partition coefficient (Wildman–Crippen LogP) is 0.713. The van der Waals surface area contributed by atoms with Crippen molar-refractivity contribution in [1.29, 1.82) is 0 Å². The normalized spacial score (nSPS) is 40.6. The van der Waals surface area contributed by atoms with Gasteiger partial charge in [0.1, 0.15) is 18.3 Å². The second-order valence-corrected chi connectivity index (χ2v) is 9.36. The summed E-state index contributed by atoms with van der Waals surface area (Å²) in [5.74, 6) is -2.27. The summed E-state index contributed by atoms with van der Waals surface area (Å²) in [6.45, 7) is 10.3. The molecule has 1 spiro atoms. The van der Waals surface area contributed by atoms with Crippen LogP contribution in [0.4, 0.5) is 0 Å². The summed E-state index contributed by atoms with van der Waals surface area (Å²) < 4.78 is 30.0. The Labute approximate surface area is 167 Å².